The normalized spacial score (nSPS) is 18.6. The zero-order valence-electron chi connectivity index (χ0n) is 13.9. The van der Waals surface area contributed by atoms with Gasteiger partial charge in [0.25, 0.3) is 0 Å². The van der Waals surface area contributed by atoms with Gasteiger partial charge >= 0.3 is 0 Å². The molecule has 0 aliphatic carbocycles. The van der Waals surface area contributed by atoms with Crippen molar-refractivity contribution in [2.45, 2.75) is 38.3 Å². The van der Waals surface area contributed by atoms with E-state index < -0.39 is 0 Å². The lowest BCUT2D eigenvalue weighted by Gasteiger charge is -2.26. The molecule has 128 valence electrons. The summed E-state index contributed by atoms with van der Waals surface area (Å²) >= 11 is 1.56. The van der Waals surface area contributed by atoms with Crippen LogP contribution in [0.4, 0.5) is 0 Å². The maximum atomic E-state index is 12.9. The number of nitrogens with one attached hydrogen (secondary N) is 1. The molecule has 3 rings (SSSR count). The Morgan fingerprint density at radius 3 is 2.96 bits per heavy atom. The number of thiophene rings is 1. The quantitative estimate of drug-likeness (QED) is 0.904. The lowest BCUT2D eigenvalue weighted by Crippen LogP contribution is -2.35. The van der Waals surface area contributed by atoms with Gasteiger partial charge in [0.1, 0.15) is 0 Å². The van der Waals surface area contributed by atoms with Gasteiger partial charge in [-0.15, -0.1) is 11.3 Å². The van der Waals surface area contributed by atoms with E-state index >= 15 is 0 Å². The van der Waals surface area contributed by atoms with Crippen LogP contribution in [-0.4, -0.2) is 33.0 Å². The molecule has 2 aromatic heterocycles. The third-order valence-electron chi connectivity index (χ3n) is 4.33. The third-order valence-corrected chi connectivity index (χ3v) is 5.31. The Labute approximate surface area is 145 Å². The minimum Gasteiger partial charge on any atom is -0.348 e. The molecule has 1 aliphatic rings. The maximum absolute atomic E-state index is 12.9. The molecule has 7 heteroatoms. The molecule has 0 radical (unpaired) electrons. The van der Waals surface area contributed by atoms with Gasteiger partial charge in [-0.3, -0.25) is 14.3 Å². The van der Waals surface area contributed by atoms with Gasteiger partial charge in [0.15, 0.2) is 0 Å². The van der Waals surface area contributed by atoms with Crippen molar-refractivity contribution in [2.24, 2.45) is 7.05 Å². The van der Waals surface area contributed by atoms with E-state index in [1.807, 2.05) is 41.9 Å². The van der Waals surface area contributed by atoms with Crippen molar-refractivity contribution >= 4 is 23.2 Å². The van der Waals surface area contributed by atoms with Crippen molar-refractivity contribution in [1.82, 2.24) is 20.0 Å². The highest BCUT2D eigenvalue weighted by molar-refractivity contribution is 7.10. The second kappa shape index (κ2) is 7.17. The Hall–Kier alpha value is -2.15. The van der Waals surface area contributed by atoms with Gasteiger partial charge in [-0.05, 0) is 24.3 Å². The summed E-state index contributed by atoms with van der Waals surface area (Å²) in [6, 6.07) is 3.73. The number of rotatable bonds is 5. The number of aromatic nitrogens is 2. The molecule has 0 bridgehead atoms. The molecule has 2 amide bonds. The monoisotopic (exact) mass is 346 g/mol. The summed E-state index contributed by atoms with van der Waals surface area (Å²) < 4.78 is 1.77. The Bertz CT molecular complexity index is 710. The summed E-state index contributed by atoms with van der Waals surface area (Å²) in [6.45, 7) is 2.25. The Balaban J connectivity index is 1.73. The SMILES string of the molecule is CC(=O)N[C@@H](CC(=O)N1CCC[C@@H]1c1cnn(C)c1)c1cccs1. The van der Waals surface area contributed by atoms with Gasteiger partial charge in [-0.25, -0.2) is 0 Å². The summed E-state index contributed by atoms with van der Waals surface area (Å²) in [5.74, 6) is -0.0417. The maximum Gasteiger partial charge on any atom is 0.225 e. The van der Waals surface area contributed by atoms with E-state index in [9.17, 15) is 9.59 Å². The average Bonchev–Trinajstić information content (AvgIpc) is 3.27. The van der Waals surface area contributed by atoms with E-state index in [0.29, 0.717) is 0 Å². The molecule has 1 aliphatic heterocycles. The second-order valence-electron chi connectivity index (χ2n) is 6.17. The van der Waals surface area contributed by atoms with Gasteiger partial charge < -0.3 is 10.2 Å². The van der Waals surface area contributed by atoms with Gasteiger partial charge in [-0.1, -0.05) is 6.07 Å². The Morgan fingerprint density at radius 2 is 2.33 bits per heavy atom. The van der Waals surface area contributed by atoms with Gasteiger partial charge in [0.05, 0.1) is 24.7 Å². The molecule has 3 heterocycles. The predicted octanol–water partition coefficient (Wildman–Crippen LogP) is 2.41. The van der Waals surface area contributed by atoms with E-state index in [-0.39, 0.29) is 30.3 Å². The predicted molar refractivity (Wildman–Crippen MR) is 92.4 cm³/mol. The fourth-order valence-corrected chi connectivity index (χ4v) is 4.05. The van der Waals surface area contributed by atoms with Crippen LogP contribution in [0.2, 0.25) is 0 Å². The number of likely N-dealkylation sites (tertiary alicyclic amines) is 1. The topological polar surface area (TPSA) is 67.2 Å². The van der Waals surface area contributed by atoms with Crippen LogP contribution >= 0.6 is 11.3 Å². The van der Waals surface area contributed by atoms with Crippen molar-refractivity contribution in [3.05, 3.63) is 40.3 Å². The van der Waals surface area contributed by atoms with Crippen molar-refractivity contribution in [3.63, 3.8) is 0 Å². The minimum absolute atomic E-state index is 0.0773. The van der Waals surface area contributed by atoms with E-state index in [1.165, 1.54) is 6.92 Å². The number of carbonyl (C=O) groups is 2. The van der Waals surface area contributed by atoms with Crippen LogP contribution in [0.1, 0.15) is 48.7 Å². The standard InChI is InChI=1S/C17H22N4O2S/c1-12(22)19-14(16-6-4-8-24-16)9-17(23)21-7-3-5-15(21)13-10-18-20(2)11-13/h4,6,8,10-11,14-15H,3,5,7,9H2,1-2H3,(H,19,22)/t14-,15+/m0/s1. The molecule has 2 atom stereocenters. The smallest absolute Gasteiger partial charge is 0.225 e. The van der Waals surface area contributed by atoms with Crippen LogP contribution in [0.5, 0.6) is 0 Å². The first-order chi connectivity index (χ1) is 11.5. The molecule has 1 fully saturated rings. The number of carbonyl (C=O) groups excluding carboxylic acids is 2. The van der Waals surface area contributed by atoms with E-state index in [1.54, 1.807) is 16.0 Å². The molecule has 0 unspecified atom stereocenters. The van der Waals surface area contributed by atoms with Gasteiger partial charge in [0.2, 0.25) is 11.8 Å². The minimum atomic E-state index is -0.259. The van der Waals surface area contributed by atoms with Gasteiger partial charge in [-0.2, -0.15) is 5.10 Å². The van der Waals surface area contributed by atoms with Crippen molar-refractivity contribution < 1.29 is 9.59 Å². The summed E-state index contributed by atoms with van der Waals surface area (Å²) in [5.41, 5.74) is 1.08. The third kappa shape index (κ3) is 3.67. The molecule has 2 aromatic rings. The summed E-state index contributed by atoms with van der Waals surface area (Å²) in [5, 5.41) is 9.08. The fourth-order valence-electron chi connectivity index (χ4n) is 3.27. The fraction of sp³-hybridized carbons (Fsp3) is 0.471. The van der Waals surface area contributed by atoms with Crippen molar-refractivity contribution in [2.75, 3.05) is 6.54 Å². The molecular weight excluding hydrogens is 324 g/mol. The van der Waals surface area contributed by atoms with Crippen LogP contribution in [-0.2, 0) is 16.6 Å². The summed E-state index contributed by atoms with van der Waals surface area (Å²) in [6.07, 6.45) is 6.05. The van der Waals surface area contributed by atoms with E-state index in [0.717, 1.165) is 29.8 Å². The van der Waals surface area contributed by atoms with E-state index in [4.69, 9.17) is 0 Å². The second-order valence-corrected chi connectivity index (χ2v) is 7.14. The first kappa shape index (κ1) is 16.7. The van der Waals surface area contributed by atoms with E-state index in [2.05, 4.69) is 10.4 Å². The zero-order chi connectivity index (χ0) is 17.1. The number of hydrogen-bond acceptors (Lipinski definition) is 4. The molecule has 0 aromatic carbocycles. The molecule has 1 saturated heterocycles. The van der Waals surface area contributed by atoms with Gasteiger partial charge in [0, 0.05) is 37.2 Å². The molecule has 1 N–H and O–H groups in total. The number of aryl methyl sites for hydroxylation is 1. The number of amides is 2. The highest BCUT2D eigenvalue weighted by Crippen LogP contribution is 2.33. The first-order valence-corrected chi connectivity index (χ1v) is 9.01. The lowest BCUT2D eigenvalue weighted by molar-refractivity contribution is -0.133. The molecular formula is C17H22N4O2S. The molecule has 24 heavy (non-hydrogen) atoms. The molecule has 0 spiro atoms. The number of hydrogen-bond donors (Lipinski definition) is 1. The first-order valence-electron chi connectivity index (χ1n) is 8.13. The van der Waals surface area contributed by atoms with Crippen LogP contribution in [0.15, 0.2) is 29.9 Å². The molecule has 6 nitrogen and oxygen atoms in total. The van der Waals surface area contributed by atoms with Crippen LogP contribution in [0.25, 0.3) is 0 Å². The molecule has 0 saturated carbocycles. The summed E-state index contributed by atoms with van der Waals surface area (Å²) in [7, 11) is 1.88. The lowest BCUT2D eigenvalue weighted by atomic mass is 10.1. The van der Waals surface area contributed by atoms with Crippen molar-refractivity contribution in [3.8, 4) is 0 Å². The largest absolute Gasteiger partial charge is 0.348 e. The number of nitrogens with zero attached hydrogens (tertiary/aromatic N) is 3. The average molecular weight is 346 g/mol. The van der Waals surface area contributed by atoms with Crippen LogP contribution in [0.3, 0.4) is 0 Å². The highest BCUT2D eigenvalue weighted by Gasteiger charge is 2.32. The van der Waals surface area contributed by atoms with Crippen LogP contribution in [0, 0.1) is 0 Å². The van der Waals surface area contributed by atoms with Crippen LogP contribution < -0.4 is 5.32 Å². The zero-order valence-corrected chi connectivity index (χ0v) is 14.8. The Kier molecular flexibility index (Phi) is 4.99. The van der Waals surface area contributed by atoms with Crippen molar-refractivity contribution in [1.29, 1.82) is 0 Å². The Morgan fingerprint density at radius 1 is 1.50 bits per heavy atom. The highest BCUT2D eigenvalue weighted by atomic mass is 32.1. The summed E-state index contributed by atoms with van der Waals surface area (Å²) in [4.78, 5) is 27.3.